The zero-order chi connectivity index (χ0) is 15.2. The fourth-order valence-electron chi connectivity index (χ4n) is 1.45. The van der Waals surface area contributed by atoms with Crippen molar-refractivity contribution in [1.82, 2.24) is 4.98 Å². The van der Waals surface area contributed by atoms with E-state index in [4.69, 9.17) is 0 Å². The van der Waals surface area contributed by atoms with Gasteiger partial charge < -0.3 is 4.74 Å². The molecule has 0 aliphatic carbocycles. The molecule has 1 aromatic heterocycles. The van der Waals surface area contributed by atoms with E-state index in [-0.39, 0.29) is 10.0 Å². The van der Waals surface area contributed by atoms with Gasteiger partial charge in [0, 0.05) is 11.6 Å². The van der Waals surface area contributed by atoms with Crippen LogP contribution in [-0.2, 0) is 9.53 Å². The van der Waals surface area contributed by atoms with Gasteiger partial charge in [0.15, 0.2) is 5.13 Å². The zero-order valence-electron chi connectivity index (χ0n) is 11.0. The molecule has 0 aliphatic heterocycles. The van der Waals surface area contributed by atoms with Crippen molar-refractivity contribution in [2.45, 2.75) is 0 Å². The molecule has 2 rings (SSSR count). The van der Waals surface area contributed by atoms with Crippen molar-refractivity contribution in [2.24, 2.45) is 0 Å². The van der Waals surface area contributed by atoms with E-state index in [1.807, 2.05) is 0 Å². The minimum atomic E-state index is -0.519. The van der Waals surface area contributed by atoms with Crippen LogP contribution in [0.25, 0.3) is 6.08 Å². The molecule has 0 bridgehead atoms. The molecule has 0 unspecified atom stereocenters. The fraction of sp³-hybridized carbons (Fsp3) is 0.0714. The number of anilines is 1. The summed E-state index contributed by atoms with van der Waals surface area (Å²) >= 11 is 0.993. The quantitative estimate of drug-likeness (QED) is 0.696. The number of ether oxygens (including phenoxy) is 1. The summed E-state index contributed by atoms with van der Waals surface area (Å²) in [5, 5.41) is 2.75. The van der Waals surface area contributed by atoms with Crippen LogP contribution in [0.1, 0.15) is 15.2 Å². The third-order valence-electron chi connectivity index (χ3n) is 2.44. The summed E-state index contributed by atoms with van der Waals surface area (Å²) in [4.78, 5) is 27.1. The molecule has 0 aliphatic rings. The summed E-state index contributed by atoms with van der Waals surface area (Å²) in [5.74, 6) is -1.40. The molecule has 0 saturated carbocycles. The highest BCUT2D eigenvalue weighted by atomic mass is 32.1. The standard InChI is InChI=1S/C14H11FN2O3S/c1-20-13(19)11-8-16-14(21-11)17-12(18)7-6-9-4-2-3-5-10(9)15/h2-8H,1H3,(H,16,17,18)/b7-6+. The van der Waals surface area contributed by atoms with E-state index >= 15 is 0 Å². The molecule has 0 radical (unpaired) electrons. The predicted octanol–water partition coefficient (Wildman–Crippen LogP) is 2.72. The molecule has 1 heterocycles. The summed E-state index contributed by atoms with van der Waals surface area (Å²) in [7, 11) is 1.26. The molecule has 0 spiro atoms. The van der Waals surface area contributed by atoms with Crippen LogP contribution in [0.15, 0.2) is 36.5 Å². The van der Waals surface area contributed by atoms with Crippen molar-refractivity contribution in [3.63, 3.8) is 0 Å². The Morgan fingerprint density at radius 1 is 1.38 bits per heavy atom. The van der Waals surface area contributed by atoms with Gasteiger partial charge in [0.1, 0.15) is 10.7 Å². The first-order valence-corrected chi connectivity index (χ1v) is 6.69. The second kappa shape index (κ2) is 6.76. The maximum absolute atomic E-state index is 13.4. The van der Waals surface area contributed by atoms with E-state index in [0.717, 1.165) is 11.3 Å². The van der Waals surface area contributed by atoms with Gasteiger partial charge in [-0.15, -0.1) is 0 Å². The Hall–Kier alpha value is -2.54. The van der Waals surface area contributed by atoms with Crippen LogP contribution in [-0.4, -0.2) is 24.0 Å². The second-order valence-corrected chi connectivity index (χ2v) is 4.90. The van der Waals surface area contributed by atoms with Gasteiger partial charge in [0.05, 0.1) is 13.3 Å². The summed E-state index contributed by atoms with van der Waals surface area (Å²) in [6.07, 6.45) is 3.86. The average molecular weight is 306 g/mol. The first kappa shape index (κ1) is 14.9. The molecule has 2 aromatic rings. The lowest BCUT2D eigenvalue weighted by molar-refractivity contribution is -0.111. The van der Waals surface area contributed by atoms with E-state index in [0.29, 0.717) is 5.56 Å². The molecule has 1 amide bonds. The number of rotatable bonds is 4. The van der Waals surface area contributed by atoms with Gasteiger partial charge in [-0.3, -0.25) is 10.1 Å². The molecule has 0 atom stereocenters. The number of hydrogen-bond donors (Lipinski definition) is 1. The first-order valence-electron chi connectivity index (χ1n) is 5.88. The summed E-state index contributed by atoms with van der Waals surface area (Å²) in [5.41, 5.74) is 0.307. The smallest absolute Gasteiger partial charge is 0.349 e. The maximum atomic E-state index is 13.4. The van der Waals surface area contributed by atoms with Crippen LogP contribution in [0.2, 0.25) is 0 Å². The van der Waals surface area contributed by atoms with Crippen LogP contribution in [0.4, 0.5) is 9.52 Å². The van der Waals surface area contributed by atoms with Crippen molar-refractivity contribution >= 4 is 34.4 Å². The molecule has 1 aromatic carbocycles. The van der Waals surface area contributed by atoms with Crippen LogP contribution in [0.5, 0.6) is 0 Å². The normalized spacial score (nSPS) is 10.6. The number of benzene rings is 1. The van der Waals surface area contributed by atoms with Gasteiger partial charge in [-0.05, 0) is 12.1 Å². The summed E-state index contributed by atoms with van der Waals surface area (Å²) < 4.78 is 17.9. The molecule has 108 valence electrons. The number of methoxy groups -OCH3 is 1. The number of hydrogen-bond acceptors (Lipinski definition) is 5. The minimum Gasteiger partial charge on any atom is -0.465 e. The van der Waals surface area contributed by atoms with Crippen LogP contribution >= 0.6 is 11.3 Å². The second-order valence-electron chi connectivity index (χ2n) is 3.87. The topological polar surface area (TPSA) is 68.3 Å². The number of amides is 1. The van der Waals surface area contributed by atoms with Crippen molar-refractivity contribution in [3.05, 3.63) is 52.8 Å². The number of halogens is 1. The Balaban J connectivity index is 2.00. The molecular formula is C14H11FN2O3S. The maximum Gasteiger partial charge on any atom is 0.349 e. The highest BCUT2D eigenvalue weighted by molar-refractivity contribution is 7.17. The van der Waals surface area contributed by atoms with E-state index in [1.54, 1.807) is 18.2 Å². The van der Waals surface area contributed by atoms with E-state index < -0.39 is 17.7 Å². The van der Waals surface area contributed by atoms with E-state index in [2.05, 4.69) is 15.0 Å². The van der Waals surface area contributed by atoms with Gasteiger partial charge in [0.2, 0.25) is 5.91 Å². The number of esters is 1. The zero-order valence-corrected chi connectivity index (χ0v) is 11.8. The third-order valence-corrected chi connectivity index (χ3v) is 3.33. The van der Waals surface area contributed by atoms with Crippen LogP contribution in [0.3, 0.4) is 0 Å². The predicted molar refractivity (Wildman–Crippen MR) is 77.5 cm³/mol. The average Bonchev–Trinajstić information content (AvgIpc) is 2.94. The van der Waals surface area contributed by atoms with Gasteiger partial charge in [0.25, 0.3) is 0 Å². The molecule has 5 nitrogen and oxygen atoms in total. The Bertz CT molecular complexity index is 697. The number of nitrogens with zero attached hydrogens (tertiary/aromatic N) is 1. The van der Waals surface area contributed by atoms with Gasteiger partial charge in [-0.25, -0.2) is 14.2 Å². The fourth-order valence-corrected chi connectivity index (χ4v) is 2.19. The number of carbonyl (C=O) groups excluding carboxylic acids is 2. The van der Waals surface area contributed by atoms with Gasteiger partial charge >= 0.3 is 5.97 Å². The van der Waals surface area contributed by atoms with Gasteiger partial charge in [-0.1, -0.05) is 29.5 Å². The van der Waals surface area contributed by atoms with Crippen molar-refractivity contribution in [1.29, 1.82) is 0 Å². The highest BCUT2D eigenvalue weighted by Crippen LogP contribution is 2.18. The van der Waals surface area contributed by atoms with E-state index in [1.165, 1.54) is 31.5 Å². The Morgan fingerprint density at radius 3 is 2.86 bits per heavy atom. The molecule has 0 saturated heterocycles. The van der Waals surface area contributed by atoms with Crippen LogP contribution < -0.4 is 5.32 Å². The molecule has 7 heteroatoms. The lowest BCUT2D eigenvalue weighted by atomic mass is 10.2. The van der Waals surface area contributed by atoms with Crippen molar-refractivity contribution in [2.75, 3.05) is 12.4 Å². The van der Waals surface area contributed by atoms with E-state index in [9.17, 15) is 14.0 Å². The van der Waals surface area contributed by atoms with Crippen molar-refractivity contribution in [3.8, 4) is 0 Å². The molecule has 0 fully saturated rings. The molecule has 1 N–H and O–H groups in total. The molecule has 21 heavy (non-hydrogen) atoms. The lowest BCUT2D eigenvalue weighted by Crippen LogP contribution is -2.07. The van der Waals surface area contributed by atoms with Crippen molar-refractivity contribution < 1.29 is 18.7 Å². The summed E-state index contributed by atoms with van der Waals surface area (Å²) in [6, 6.07) is 6.10. The minimum absolute atomic E-state index is 0.263. The third kappa shape index (κ3) is 3.96. The Labute approximate surface area is 124 Å². The number of carbonyl (C=O) groups is 2. The largest absolute Gasteiger partial charge is 0.465 e. The monoisotopic (exact) mass is 306 g/mol. The highest BCUT2D eigenvalue weighted by Gasteiger charge is 2.11. The molecular weight excluding hydrogens is 295 g/mol. The number of nitrogens with one attached hydrogen (secondary N) is 1. The first-order chi connectivity index (χ1) is 10.1. The Kier molecular flexibility index (Phi) is 4.78. The van der Waals surface area contributed by atoms with Gasteiger partial charge in [-0.2, -0.15) is 0 Å². The SMILES string of the molecule is COC(=O)c1cnc(NC(=O)/C=C/c2ccccc2F)s1. The number of aromatic nitrogens is 1. The lowest BCUT2D eigenvalue weighted by Gasteiger charge is -1.97. The van der Waals surface area contributed by atoms with Crippen LogP contribution in [0, 0.1) is 5.82 Å². The number of thiazole rings is 1. The Morgan fingerprint density at radius 2 is 2.14 bits per heavy atom. The summed E-state index contributed by atoms with van der Waals surface area (Å²) in [6.45, 7) is 0.